The van der Waals surface area contributed by atoms with E-state index in [1.807, 2.05) is 32.3 Å². The smallest absolute Gasteiger partial charge is 0.356 e. The van der Waals surface area contributed by atoms with Crippen molar-refractivity contribution in [2.24, 2.45) is 7.05 Å². The second-order valence-electron chi connectivity index (χ2n) is 10.6. The number of methoxy groups -OCH3 is 1. The number of aryl methyl sites for hydroxylation is 3. The van der Waals surface area contributed by atoms with E-state index in [9.17, 15) is 9.59 Å². The third-order valence-corrected chi connectivity index (χ3v) is 8.07. The average molecular weight is 534 g/mol. The van der Waals surface area contributed by atoms with Crippen LogP contribution >= 0.6 is 0 Å². The summed E-state index contributed by atoms with van der Waals surface area (Å²) in [6, 6.07) is 16.3. The second-order valence-corrected chi connectivity index (χ2v) is 10.6. The van der Waals surface area contributed by atoms with Gasteiger partial charge in [-0.2, -0.15) is 0 Å². The summed E-state index contributed by atoms with van der Waals surface area (Å²) < 4.78 is 12.2. The van der Waals surface area contributed by atoms with E-state index in [2.05, 4.69) is 42.2 Å². The first-order valence-corrected chi connectivity index (χ1v) is 13.5. The first-order valence-electron chi connectivity index (χ1n) is 13.5. The lowest BCUT2D eigenvalue weighted by Crippen LogP contribution is -2.20. The molecule has 0 N–H and O–H groups in total. The Morgan fingerprint density at radius 3 is 2.48 bits per heavy atom. The van der Waals surface area contributed by atoms with Gasteiger partial charge in [0.25, 0.3) is 5.56 Å². The van der Waals surface area contributed by atoms with Crippen LogP contribution in [-0.2, 0) is 16.5 Å². The van der Waals surface area contributed by atoms with Gasteiger partial charge in [-0.3, -0.25) is 9.78 Å². The summed E-state index contributed by atoms with van der Waals surface area (Å²) in [5.74, 6) is -0.0881. The van der Waals surface area contributed by atoms with Gasteiger partial charge >= 0.3 is 5.97 Å². The van der Waals surface area contributed by atoms with Crippen molar-refractivity contribution in [1.82, 2.24) is 14.5 Å². The first-order chi connectivity index (χ1) is 19.4. The molecule has 1 aliphatic heterocycles. The maximum absolute atomic E-state index is 12.9. The fourth-order valence-electron chi connectivity index (χ4n) is 5.83. The molecule has 0 aliphatic carbocycles. The molecule has 6 rings (SSSR count). The molecular weight excluding hydrogens is 502 g/mol. The van der Waals surface area contributed by atoms with E-state index in [1.165, 1.54) is 12.7 Å². The van der Waals surface area contributed by atoms with Gasteiger partial charge in [0, 0.05) is 54.6 Å². The van der Waals surface area contributed by atoms with Crippen LogP contribution in [0.1, 0.15) is 45.9 Å². The zero-order valence-corrected chi connectivity index (χ0v) is 23.2. The summed E-state index contributed by atoms with van der Waals surface area (Å²) in [6.07, 6.45) is 5.49. The Morgan fingerprint density at radius 2 is 1.75 bits per heavy atom. The molecular formula is C33H31N3O4. The quantitative estimate of drug-likeness (QED) is 0.259. The molecule has 0 radical (unpaired) electrons. The van der Waals surface area contributed by atoms with E-state index in [0.29, 0.717) is 5.92 Å². The fraction of sp³-hybridized carbons (Fsp3) is 0.273. The maximum Gasteiger partial charge on any atom is 0.356 e. The summed E-state index contributed by atoms with van der Waals surface area (Å²) in [5, 5.41) is 3.14. The SMILES string of the molecule is COC(=O)c1ccc(-c2cc3ccc(C)c(-c4cc(C5CCOCC5)cc5c4cc(C)c(=O)n5C)c3cn2)cn1. The zero-order valence-electron chi connectivity index (χ0n) is 23.2. The molecule has 1 saturated heterocycles. The highest BCUT2D eigenvalue weighted by atomic mass is 16.5. The molecule has 0 atom stereocenters. The number of carbonyl (C=O) groups is 1. The summed E-state index contributed by atoms with van der Waals surface area (Å²) in [5.41, 5.74) is 8.13. The number of pyridine rings is 3. The lowest BCUT2D eigenvalue weighted by atomic mass is 9.85. The van der Waals surface area contributed by atoms with Crippen molar-refractivity contribution in [3.8, 4) is 22.4 Å². The summed E-state index contributed by atoms with van der Waals surface area (Å²) in [4.78, 5) is 33.8. The highest BCUT2D eigenvalue weighted by Gasteiger charge is 2.21. The van der Waals surface area contributed by atoms with Gasteiger partial charge in [0.1, 0.15) is 5.69 Å². The third kappa shape index (κ3) is 4.46. The Labute approximate surface area is 232 Å². The number of benzene rings is 2. The van der Waals surface area contributed by atoms with Gasteiger partial charge in [0.15, 0.2) is 0 Å². The van der Waals surface area contributed by atoms with Gasteiger partial charge in [-0.15, -0.1) is 0 Å². The van der Waals surface area contributed by atoms with Crippen LogP contribution in [0.3, 0.4) is 0 Å². The van der Waals surface area contributed by atoms with Gasteiger partial charge < -0.3 is 14.0 Å². The van der Waals surface area contributed by atoms with Crippen LogP contribution in [0.2, 0.25) is 0 Å². The molecule has 202 valence electrons. The normalized spacial score (nSPS) is 14.1. The fourth-order valence-corrected chi connectivity index (χ4v) is 5.83. The van der Waals surface area contributed by atoms with Gasteiger partial charge in [-0.1, -0.05) is 18.2 Å². The number of rotatable bonds is 4. The molecule has 40 heavy (non-hydrogen) atoms. The topological polar surface area (TPSA) is 83.3 Å². The van der Waals surface area contributed by atoms with Gasteiger partial charge in [-0.25, -0.2) is 9.78 Å². The highest BCUT2D eigenvalue weighted by molar-refractivity contribution is 6.06. The van der Waals surface area contributed by atoms with Crippen LogP contribution in [0.15, 0.2) is 65.7 Å². The molecule has 3 aromatic heterocycles. The van der Waals surface area contributed by atoms with E-state index in [1.54, 1.807) is 16.8 Å². The monoisotopic (exact) mass is 533 g/mol. The molecule has 7 nitrogen and oxygen atoms in total. The number of aromatic nitrogens is 3. The molecule has 4 heterocycles. The van der Waals surface area contributed by atoms with Crippen LogP contribution in [-0.4, -0.2) is 40.8 Å². The zero-order chi connectivity index (χ0) is 28.0. The van der Waals surface area contributed by atoms with Crippen LogP contribution in [0.4, 0.5) is 0 Å². The maximum atomic E-state index is 12.9. The molecule has 7 heteroatoms. The number of fused-ring (bicyclic) bond motifs is 2. The number of esters is 1. The standard InChI is InChI=1S/C33H31N3O4/c1-19-5-6-22-15-29(23-7-8-28(34-17-23)33(38)39-4)35-18-27(22)31(19)26-14-24(21-9-11-40-12-10-21)16-30-25(26)13-20(2)32(37)36(30)3/h5-8,13-18,21H,9-12H2,1-4H3. The minimum Gasteiger partial charge on any atom is -0.464 e. The van der Waals surface area contributed by atoms with E-state index >= 15 is 0 Å². The van der Waals surface area contributed by atoms with Crippen LogP contribution in [0.5, 0.6) is 0 Å². The van der Waals surface area contributed by atoms with Crippen molar-refractivity contribution in [2.75, 3.05) is 20.3 Å². The predicted molar refractivity (Wildman–Crippen MR) is 157 cm³/mol. The van der Waals surface area contributed by atoms with Crippen LogP contribution in [0.25, 0.3) is 44.1 Å². The average Bonchev–Trinajstić information content (AvgIpc) is 2.99. The molecule has 0 saturated carbocycles. The number of ether oxygens (including phenoxy) is 2. The third-order valence-electron chi connectivity index (χ3n) is 8.07. The Balaban J connectivity index is 1.55. The predicted octanol–water partition coefficient (Wildman–Crippen LogP) is 6.11. The lowest BCUT2D eigenvalue weighted by Gasteiger charge is -2.25. The Hall–Kier alpha value is -4.36. The van der Waals surface area contributed by atoms with Crippen molar-refractivity contribution in [3.05, 3.63) is 93.7 Å². The molecule has 0 bridgehead atoms. The van der Waals surface area contributed by atoms with Crippen LogP contribution < -0.4 is 5.56 Å². The Morgan fingerprint density at radius 1 is 0.950 bits per heavy atom. The lowest BCUT2D eigenvalue weighted by molar-refractivity contribution is 0.0594. The van der Waals surface area contributed by atoms with Gasteiger partial charge in [0.2, 0.25) is 0 Å². The highest BCUT2D eigenvalue weighted by Crippen LogP contribution is 2.40. The Bertz CT molecular complexity index is 1830. The number of carbonyl (C=O) groups excluding carboxylic acids is 1. The summed E-state index contributed by atoms with van der Waals surface area (Å²) >= 11 is 0. The van der Waals surface area contributed by atoms with Crippen molar-refractivity contribution < 1.29 is 14.3 Å². The summed E-state index contributed by atoms with van der Waals surface area (Å²) in [7, 11) is 3.20. The van der Waals surface area contributed by atoms with Crippen molar-refractivity contribution in [2.45, 2.75) is 32.6 Å². The molecule has 0 unspecified atom stereocenters. The van der Waals surface area contributed by atoms with Crippen molar-refractivity contribution in [3.63, 3.8) is 0 Å². The molecule has 0 amide bonds. The largest absolute Gasteiger partial charge is 0.464 e. The van der Waals surface area contributed by atoms with E-state index in [-0.39, 0.29) is 11.3 Å². The van der Waals surface area contributed by atoms with Gasteiger partial charge in [-0.05, 0) is 90.6 Å². The van der Waals surface area contributed by atoms with Crippen molar-refractivity contribution in [1.29, 1.82) is 0 Å². The van der Waals surface area contributed by atoms with Crippen molar-refractivity contribution >= 4 is 27.6 Å². The number of hydrogen-bond acceptors (Lipinski definition) is 6. The molecule has 1 aliphatic rings. The first kappa shape index (κ1) is 25.9. The van der Waals surface area contributed by atoms with E-state index < -0.39 is 5.97 Å². The Kier molecular flexibility index (Phi) is 6.68. The molecule has 1 fully saturated rings. The van der Waals surface area contributed by atoms with Crippen LogP contribution in [0, 0.1) is 13.8 Å². The van der Waals surface area contributed by atoms with Gasteiger partial charge in [0.05, 0.1) is 18.3 Å². The van der Waals surface area contributed by atoms with E-state index in [4.69, 9.17) is 14.5 Å². The molecule has 5 aromatic rings. The number of hydrogen-bond donors (Lipinski definition) is 0. The second kappa shape index (κ2) is 10.3. The molecule has 2 aromatic carbocycles. The number of nitrogens with zero attached hydrogens (tertiary/aromatic N) is 3. The minimum absolute atomic E-state index is 0.0235. The van der Waals surface area contributed by atoms with E-state index in [0.717, 1.165) is 81.2 Å². The summed E-state index contributed by atoms with van der Waals surface area (Å²) in [6.45, 7) is 5.50. The minimum atomic E-state index is -0.471. The molecule has 0 spiro atoms.